The highest BCUT2D eigenvalue weighted by atomic mass is 16.5. The molecule has 1 aromatic carbocycles. The summed E-state index contributed by atoms with van der Waals surface area (Å²) in [6.45, 7) is 2.40. The number of hydrogen-bond donors (Lipinski definition) is 1. The van der Waals surface area contributed by atoms with Crippen molar-refractivity contribution >= 4 is 0 Å². The van der Waals surface area contributed by atoms with Crippen molar-refractivity contribution in [3.63, 3.8) is 0 Å². The number of aryl methyl sites for hydroxylation is 1. The zero-order chi connectivity index (χ0) is 13.0. The third-order valence-corrected chi connectivity index (χ3v) is 2.96. The molecule has 0 aliphatic rings. The lowest BCUT2D eigenvalue weighted by molar-refractivity contribution is 0.166. The molecule has 0 radical (unpaired) electrons. The van der Waals surface area contributed by atoms with E-state index in [4.69, 9.17) is 4.74 Å². The molecule has 2 aromatic rings. The molecule has 0 spiro atoms. The number of hydrogen-bond acceptors (Lipinski definition) is 3. The Morgan fingerprint density at radius 3 is 2.83 bits per heavy atom. The van der Waals surface area contributed by atoms with Gasteiger partial charge in [0.25, 0.3) is 0 Å². The Morgan fingerprint density at radius 2 is 2.17 bits per heavy atom. The molecule has 0 saturated carbocycles. The fourth-order valence-corrected chi connectivity index (χ4v) is 1.78. The highest BCUT2D eigenvalue weighted by Crippen LogP contribution is 2.27. The van der Waals surface area contributed by atoms with E-state index in [2.05, 4.69) is 4.98 Å². The maximum atomic E-state index is 9.92. The Hall–Kier alpha value is -1.81. The minimum absolute atomic E-state index is 0.448. The Morgan fingerprint density at radius 1 is 1.39 bits per heavy atom. The van der Waals surface area contributed by atoms with Gasteiger partial charge in [-0.2, -0.15) is 0 Å². The van der Waals surface area contributed by atoms with Crippen LogP contribution in [-0.2, 0) is 13.7 Å². The second kappa shape index (κ2) is 5.69. The maximum absolute atomic E-state index is 9.92. The van der Waals surface area contributed by atoms with Crippen molar-refractivity contribution < 1.29 is 9.84 Å². The number of aliphatic hydroxyl groups excluding tert-OH is 1. The third kappa shape index (κ3) is 2.71. The molecule has 0 saturated heterocycles. The minimum Gasteiger partial charge on any atom is -0.487 e. The number of nitrogens with zero attached hydrogens (tertiary/aromatic N) is 2. The molecule has 1 heterocycles. The van der Waals surface area contributed by atoms with Gasteiger partial charge in [0, 0.05) is 12.6 Å². The van der Waals surface area contributed by atoms with Gasteiger partial charge in [-0.3, -0.25) is 0 Å². The second-order valence-corrected chi connectivity index (χ2v) is 4.25. The smallest absolute Gasteiger partial charge is 0.130 e. The molecule has 0 aliphatic heterocycles. The molecule has 0 bridgehead atoms. The molecule has 18 heavy (non-hydrogen) atoms. The van der Waals surface area contributed by atoms with Crippen LogP contribution in [0.15, 0.2) is 36.8 Å². The van der Waals surface area contributed by atoms with Crippen LogP contribution in [0.4, 0.5) is 0 Å². The molecule has 0 unspecified atom stereocenters. The molecule has 4 heteroatoms. The van der Waals surface area contributed by atoms with Crippen molar-refractivity contribution in [3.8, 4) is 5.75 Å². The standard InChI is InChI=1S/C14H18N2O2/c1-3-13(17)12-6-4-5-7-14(12)18-9-11-8-15-10-16(11)2/h4-8,10,13,17H,3,9H2,1-2H3/t13-/m1/s1. The Bertz CT molecular complexity index is 508. The summed E-state index contributed by atoms with van der Waals surface area (Å²) in [6.07, 6.45) is 3.71. The summed E-state index contributed by atoms with van der Waals surface area (Å²) in [4.78, 5) is 4.04. The fourth-order valence-electron chi connectivity index (χ4n) is 1.78. The first-order chi connectivity index (χ1) is 8.72. The predicted molar refractivity (Wildman–Crippen MR) is 69.2 cm³/mol. The average molecular weight is 246 g/mol. The van der Waals surface area contributed by atoms with Crippen LogP contribution in [0.2, 0.25) is 0 Å². The van der Waals surface area contributed by atoms with Gasteiger partial charge >= 0.3 is 0 Å². The van der Waals surface area contributed by atoms with E-state index in [9.17, 15) is 5.11 Å². The van der Waals surface area contributed by atoms with Crippen molar-refractivity contribution in [2.24, 2.45) is 7.05 Å². The molecule has 1 atom stereocenters. The van der Waals surface area contributed by atoms with Crippen molar-refractivity contribution in [2.45, 2.75) is 26.1 Å². The second-order valence-electron chi connectivity index (χ2n) is 4.25. The summed E-state index contributed by atoms with van der Waals surface area (Å²) in [5.41, 5.74) is 1.83. The third-order valence-electron chi connectivity index (χ3n) is 2.96. The van der Waals surface area contributed by atoms with Crippen LogP contribution in [0, 0.1) is 0 Å². The molecule has 96 valence electrons. The highest BCUT2D eigenvalue weighted by Gasteiger charge is 2.11. The number of aliphatic hydroxyl groups is 1. The van der Waals surface area contributed by atoms with E-state index >= 15 is 0 Å². The van der Waals surface area contributed by atoms with Crippen LogP contribution in [0.25, 0.3) is 0 Å². The summed E-state index contributed by atoms with van der Waals surface area (Å²) >= 11 is 0. The molecule has 0 aliphatic carbocycles. The molecule has 1 N–H and O–H groups in total. The molecular weight excluding hydrogens is 228 g/mol. The molecular formula is C14H18N2O2. The average Bonchev–Trinajstić information content (AvgIpc) is 2.81. The van der Waals surface area contributed by atoms with E-state index in [1.54, 1.807) is 12.5 Å². The van der Waals surface area contributed by atoms with Crippen LogP contribution in [0.1, 0.15) is 30.7 Å². The first kappa shape index (κ1) is 12.6. The van der Waals surface area contributed by atoms with Gasteiger partial charge in [0.1, 0.15) is 12.4 Å². The number of para-hydroxylation sites is 1. The first-order valence-corrected chi connectivity index (χ1v) is 6.07. The molecule has 2 rings (SSSR count). The van der Waals surface area contributed by atoms with Crippen molar-refractivity contribution in [2.75, 3.05) is 0 Å². The fraction of sp³-hybridized carbons (Fsp3) is 0.357. The zero-order valence-electron chi connectivity index (χ0n) is 10.7. The number of rotatable bonds is 5. The van der Waals surface area contributed by atoms with Crippen LogP contribution in [0.5, 0.6) is 5.75 Å². The topological polar surface area (TPSA) is 47.3 Å². The largest absolute Gasteiger partial charge is 0.487 e. The minimum atomic E-state index is -0.479. The van der Waals surface area contributed by atoms with Gasteiger partial charge in [-0.1, -0.05) is 25.1 Å². The number of imidazole rings is 1. The molecule has 1 aromatic heterocycles. The number of benzene rings is 1. The Kier molecular flexibility index (Phi) is 3.99. The van der Waals surface area contributed by atoms with Gasteiger partial charge in [-0.25, -0.2) is 4.98 Å². The summed E-state index contributed by atoms with van der Waals surface area (Å²) < 4.78 is 7.68. The number of aromatic nitrogens is 2. The van der Waals surface area contributed by atoms with Gasteiger partial charge in [-0.05, 0) is 12.5 Å². The Labute approximate surface area is 107 Å². The summed E-state index contributed by atoms with van der Waals surface area (Å²) in [5.74, 6) is 0.730. The van der Waals surface area contributed by atoms with Crippen molar-refractivity contribution in [1.82, 2.24) is 9.55 Å². The lowest BCUT2D eigenvalue weighted by Crippen LogP contribution is -2.04. The zero-order valence-corrected chi connectivity index (χ0v) is 10.7. The number of ether oxygens (including phenoxy) is 1. The quantitative estimate of drug-likeness (QED) is 0.881. The van der Waals surface area contributed by atoms with Crippen molar-refractivity contribution in [1.29, 1.82) is 0 Å². The highest BCUT2D eigenvalue weighted by molar-refractivity contribution is 5.35. The summed E-state index contributed by atoms with van der Waals surface area (Å²) in [6, 6.07) is 7.59. The van der Waals surface area contributed by atoms with E-state index < -0.39 is 6.10 Å². The lowest BCUT2D eigenvalue weighted by atomic mass is 10.1. The maximum Gasteiger partial charge on any atom is 0.130 e. The van der Waals surface area contributed by atoms with E-state index in [0.29, 0.717) is 13.0 Å². The summed E-state index contributed by atoms with van der Waals surface area (Å²) in [5, 5.41) is 9.92. The van der Waals surface area contributed by atoms with Crippen molar-refractivity contribution in [3.05, 3.63) is 48.0 Å². The van der Waals surface area contributed by atoms with Gasteiger partial charge in [-0.15, -0.1) is 0 Å². The SMILES string of the molecule is CC[C@@H](O)c1ccccc1OCc1cncn1C. The van der Waals surface area contributed by atoms with Crippen LogP contribution >= 0.6 is 0 Å². The summed E-state index contributed by atoms with van der Waals surface area (Å²) in [7, 11) is 1.93. The monoisotopic (exact) mass is 246 g/mol. The van der Waals surface area contributed by atoms with Gasteiger partial charge < -0.3 is 14.4 Å². The van der Waals surface area contributed by atoms with Gasteiger partial charge in [0.15, 0.2) is 0 Å². The van der Waals surface area contributed by atoms with E-state index in [0.717, 1.165) is 17.0 Å². The predicted octanol–water partition coefficient (Wildman–Crippen LogP) is 2.44. The molecule has 0 fully saturated rings. The van der Waals surface area contributed by atoms with Crippen LogP contribution < -0.4 is 4.74 Å². The van der Waals surface area contributed by atoms with E-state index in [1.165, 1.54) is 0 Å². The first-order valence-electron chi connectivity index (χ1n) is 6.07. The van der Waals surface area contributed by atoms with E-state index in [1.807, 2.05) is 42.8 Å². The van der Waals surface area contributed by atoms with Crippen LogP contribution in [0.3, 0.4) is 0 Å². The van der Waals surface area contributed by atoms with E-state index in [-0.39, 0.29) is 0 Å². The molecule has 0 amide bonds. The normalized spacial score (nSPS) is 12.4. The van der Waals surface area contributed by atoms with Gasteiger partial charge in [0.05, 0.1) is 24.3 Å². The van der Waals surface area contributed by atoms with Crippen LogP contribution in [-0.4, -0.2) is 14.7 Å². The lowest BCUT2D eigenvalue weighted by Gasteiger charge is -2.14. The van der Waals surface area contributed by atoms with Gasteiger partial charge in [0.2, 0.25) is 0 Å². The molecule has 4 nitrogen and oxygen atoms in total. The Balaban J connectivity index is 2.12.